The molecule has 0 bridgehead atoms. The fourth-order valence-electron chi connectivity index (χ4n) is 0.669. The number of hydrogen-bond donors (Lipinski definition) is 0. The van der Waals surface area contributed by atoms with Crippen molar-refractivity contribution < 1.29 is 0 Å². The van der Waals surface area contributed by atoms with Crippen molar-refractivity contribution in [1.82, 2.24) is 0 Å². The first kappa shape index (κ1) is 10.2. The van der Waals surface area contributed by atoms with Gasteiger partial charge in [-0.25, -0.2) is 0 Å². The average molecular weight is 175 g/mol. The molecule has 5 heteroatoms. The number of halogens is 1. The summed E-state index contributed by atoms with van der Waals surface area (Å²) in [6.07, 6.45) is 5.33. The fraction of sp³-hybridized carbons (Fsp3) is 0.667. The predicted octanol–water partition coefficient (Wildman–Crippen LogP) is 3.27. The van der Waals surface area contributed by atoms with Crippen molar-refractivity contribution in [3.8, 4) is 0 Å². The van der Waals surface area contributed by atoms with Crippen LogP contribution in [0.15, 0.2) is 32.6 Å². The van der Waals surface area contributed by atoms with Gasteiger partial charge in [0, 0.05) is 0 Å². The number of hydrogen-bond acceptors (Lipinski definition) is 4. The van der Waals surface area contributed by atoms with E-state index in [0.717, 1.165) is 6.42 Å². The second-order valence-electron chi connectivity index (χ2n) is 2.08. The molecule has 0 atom stereocenters. The van der Waals surface area contributed by atoms with Gasteiger partial charge < -0.3 is 0 Å². The minimum absolute atomic E-state index is 0. The molecule has 11 heavy (non-hydrogen) atoms. The van der Waals surface area contributed by atoms with Crippen LogP contribution in [0.3, 0.4) is 0 Å². The van der Waals surface area contributed by atoms with Crippen LogP contribution >= 0.6 is 12.4 Å². The Balaban J connectivity index is 0.000001000. The SMILES string of the molecule is CCCCC=C1N=NN=N1.Cl. The number of rotatable bonds is 3. The lowest BCUT2D eigenvalue weighted by atomic mass is 10.2. The van der Waals surface area contributed by atoms with E-state index in [2.05, 4.69) is 27.6 Å². The minimum atomic E-state index is 0. The Morgan fingerprint density at radius 3 is 2.45 bits per heavy atom. The van der Waals surface area contributed by atoms with Gasteiger partial charge in [-0.1, -0.05) is 13.3 Å². The molecule has 0 aliphatic carbocycles. The molecule has 0 unspecified atom stereocenters. The molecule has 1 rings (SSSR count). The molecular formula is C6H11ClN4. The van der Waals surface area contributed by atoms with E-state index < -0.39 is 0 Å². The Morgan fingerprint density at radius 1 is 1.27 bits per heavy atom. The number of unbranched alkanes of at least 4 members (excludes halogenated alkanes) is 2. The van der Waals surface area contributed by atoms with Crippen LogP contribution in [0, 0.1) is 0 Å². The van der Waals surface area contributed by atoms with E-state index in [4.69, 9.17) is 0 Å². The van der Waals surface area contributed by atoms with E-state index >= 15 is 0 Å². The van der Waals surface area contributed by atoms with Crippen molar-refractivity contribution in [3.05, 3.63) is 11.9 Å². The van der Waals surface area contributed by atoms with Crippen LogP contribution in [0.2, 0.25) is 0 Å². The summed E-state index contributed by atoms with van der Waals surface area (Å²) >= 11 is 0. The molecule has 0 aromatic rings. The van der Waals surface area contributed by atoms with Crippen LogP contribution in [-0.2, 0) is 0 Å². The summed E-state index contributed by atoms with van der Waals surface area (Å²) < 4.78 is 0. The van der Waals surface area contributed by atoms with Crippen molar-refractivity contribution in [2.45, 2.75) is 26.2 Å². The van der Waals surface area contributed by atoms with Gasteiger partial charge in [-0.3, -0.25) is 0 Å². The third-order valence-corrected chi connectivity index (χ3v) is 1.22. The maximum atomic E-state index is 3.66. The molecule has 0 N–H and O–H groups in total. The van der Waals surface area contributed by atoms with Gasteiger partial charge >= 0.3 is 0 Å². The highest BCUT2D eigenvalue weighted by Gasteiger charge is 1.94. The van der Waals surface area contributed by atoms with E-state index in [9.17, 15) is 0 Å². The monoisotopic (exact) mass is 174 g/mol. The molecule has 0 aromatic carbocycles. The zero-order chi connectivity index (χ0) is 7.23. The van der Waals surface area contributed by atoms with Crippen LogP contribution in [0.4, 0.5) is 0 Å². The molecule has 0 amide bonds. The predicted molar refractivity (Wildman–Crippen MR) is 44.6 cm³/mol. The number of allylic oxidation sites excluding steroid dienone is 1. The lowest BCUT2D eigenvalue weighted by Gasteiger charge is -1.86. The first-order valence-corrected chi connectivity index (χ1v) is 3.45. The molecular weight excluding hydrogens is 164 g/mol. The maximum absolute atomic E-state index is 3.66. The van der Waals surface area contributed by atoms with Crippen molar-refractivity contribution in [3.63, 3.8) is 0 Å². The van der Waals surface area contributed by atoms with E-state index in [1.807, 2.05) is 6.08 Å². The average Bonchev–Trinajstić information content (AvgIpc) is 2.41. The molecule has 0 saturated carbocycles. The Hall–Kier alpha value is -0.770. The quantitative estimate of drug-likeness (QED) is 0.590. The highest BCUT2D eigenvalue weighted by Crippen LogP contribution is 2.10. The smallest absolute Gasteiger partial charge is 0.147 e. The summed E-state index contributed by atoms with van der Waals surface area (Å²) in [7, 11) is 0. The van der Waals surface area contributed by atoms with Gasteiger partial charge in [0.25, 0.3) is 0 Å². The summed E-state index contributed by atoms with van der Waals surface area (Å²) in [6, 6.07) is 0. The summed E-state index contributed by atoms with van der Waals surface area (Å²) in [6.45, 7) is 2.15. The van der Waals surface area contributed by atoms with Gasteiger partial charge in [0.1, 0.15) is 0 Å². The molecule has 0 aromatic heterocycles. The van der Waals surface area contributed by atoms with Crippen molar-refractivity contribution in [1.29, 1.82) is 0 Å². The van der Waals surface area contributed by atoms with Gasteiger partial charge in [0.05, 0.1) is 0 Å². The Morgan fingerprint density at radius 2 is 1.91 bits per heavy atom. The summed E-state index contributed by atoms with van der Waals surface area (Å²) in [5.41, 5.74) is 0. The Bertz CT molecular complexity index is 171. The van der Waals surface area contributed by atoms with Crippen LogP contribution in [0.25, 0.3) is 0 Å². The summed E-state index contributed by atoms with van der Waals surface area (Å²) in [4.78, 5) is 0. The van der Waals surface area contributed by atoms with Crippen LogP contribution in [-0.4, -0.2) is 0 Å². The van der Waals surface area contributed by atoms with Crippen LogP contribution in [0.1, 0.15) is 26.2 Å². The first-order chi connectivity index (χ1) is 4.93. The second-order valence-corrected chi connectivity index (χ2v) is 2.08. The van der Waals surface area contributed by atoms with Gasteiger partial charge in [-0.05, 0) is 29.4 Å². The molecule has 0 saturated heterocycles. The molecule has 1 aliphatic rings. The third kappa shape index (κ3) is 3.83. The zero-order valence-electron chi connectivity index (χ0n) is 6.40. The lowest BCUT2D eigenvalue weighted by Crippen LogP contribution is -1.69. The minimum Gasteiger partial charge on any atom is -0.147 e. The topological polar surface area (TPSA) is 49.4 Å². The summed E-state index contributed by atoms with van der Waals surface area (Å²) in [5, 5.41) is 14.0. The van der Waals surface area contributed by atoms with Gasteiger partial charge in [-0.2, -0.15) is 0 Å². The van der Waals surface area contributed by atoms with Crippen molar-refractivity contribution in [2.24, 2.45) is 20.7 Å². The molecule has 0 fully saturated rings. The Labute approximate surface area is 71.9 Å². The molecule has 0 radical (unpaired) electrons. The van der Waals surface area contributed by atoms with Crippen molar-refractivity contribution in [2.75, 3.05) is 0 Å². The maximum Gasteiger partial charge on any atom is 0.196 e. The van der Waals surface area contributed by atoms with Gasteiger partial charge in [0.2, 0.25) is 0 Å². The summed E-state index contributed by atoms with van der Waals surface area (Å²) in [5.74, 6) is 0.647. The molecule has 1 heterocycles. The highest BCUT2D eigenvalue weighted by atomic mass is 35.5. The number of nitrogens with zero attached hydrogens (tertiary/aromatic N) is 4. The van der Waals surface area contributed by atoms with E-state index in [-0.39, 0.29) is 12.4 Å². The molecule has 0 spiro atoms. The van der Waals surface area contributed by atoms with Gasteiger partial charge in [0.15, 0.2) is 5.82 Å². The fourth-order valence-corrected chi connectivity index (χ4v) is 0.669. The van der Waals surface area contributed by atoms with Gasteiger partial charge in [-0.15, -0.1) is 22.6 Å². The van der Waals surface area contributed by atoms with E-state index in [0.29, 0.717) is 5.82 Å². The second kappa shape index (κ2) is 5.97. The van der Waals surface area contributed by atoms with Crippen LogP contribution < -0.4 is 0 Å². The highest BCUT2D eigenvalue weighted by molar-refractivity contribution is 5.85. The normalized spacial score (nSPS) is 13.4. The largest absolute Gasteiger partial charge is 0.196 e. The molecule has 62 valence electrons. The standard InChI is InChI=1S/C6H10N4.ClH/c1-2-3-4-5-6-7-9-10-8-6;/h5H,2-4H2,1H3;1H. The van der Waals surface area contributed by atoms with Crippen molar-refractivity contribution >= 4 is 12.4 Å². The zero-order valence-corrected chi connectivity index (χ0v) is 7.21. The van der Waals surface area contributed by atoms with E-state index in [1.54, 1.807) is 0 Å². The molecule has 4 nitrogen and oxygen atoms in total. The first-order valence-electron chi connectivity index (χ1n) is 3.45. The Kier molecular flexibility index (Phi) is 5.56. The third-order valence-electron chi connectivity index (χ3n) is 1.22. The van der Waals surface area contributed by atoms with Crippen LogP contribution in [0.5, 0.6) is 0 Å². The molecule has 1 aliphatic heterocycles. The lowest BCUT2D eigenvalue weighted by molar-refractivity contribution is 0.808. The van der Waals surface area contributed by atoms with E-state index in [1.165, 1.54) is 12.8 Å².